The molecule has 0 aliphatic carbocycles. The third-order valence-corrected chi connectivity index (χ3v) is 3.13. The molecule has 1 aliphatic heterocycles. The second kappa shape index (κ2) is 4.39. The van der Waals surface area contributed by atoms with E-state index >= 15 is 0 Å². The van der Waals surface area contributed by atoms with Crippen LogP contribution in [0.15, 0.2) is 22.7 Å². The van der Waals surface area contributed by atoms with Gasteiger partial charge in [-0.05, 0) is 18.6 Å². The Morgan fingerprint density at radius 1 is 1.56 bits per heavy atom. The molecule has 2 rings (SSSR count). The van der Waals surface area contributed by atoms with Crippen LogP contribution < -0.4 is 4.90 Å². The maximum atomic E-state index is 10.9. The van der Waals surface area contributed by atoms with E-state index in [1.807, 2.05) is 4.90 Å². The molecule has 1 heterocycles. The van der Waals surface area contributed by atoms with Crippen molar-refractivity contribution in [1.82, 2.24) is 0 Å². The van der Waals surface area contributed by atoms with Crippen LogP contribution in [0.4, 0.5) is 11.4 Å². The predicted molar refractivity (Wildman–Crippen MR) is 63.6 cm³/mol. The molecule has 1 aromatic rings. The fourth-order valence-corrected chi connectivity index (χ4v) is 2.21. The Kier molecular flexibility index (Phi) is 3.11. The van der Waals surface area contributed by atoms with Gasteiger partial charge in [0.2, 0.25) is 0 Å². The van der Waals surface area contributed by atoms with Crippen molar-refractivity contribution >= 4 is 27.3 Å². The summed E-state index contributed by atoms with van der Waals surface area (Å²) < 4.78 is 0.800. The molecule has 0 radical (unpaired) electrons. The van der Waals surface area contributed by atoms with E-state index in [9.17, 15) is 15.2 Å². The Bertz CT molecular complexity index is 425. The zero-order valence-corrected chi connectivity index (χ0v) is 10.1. The molecule has 0 aromatic heterocycles. The number of rotatable bonds is 2. The molecule has 1 fully saturated rings. The lowest BCUT2D eigenvalue weighted by Gasteiger charge is -2.17. The van der Waals surface area contributed by atoms with Gasteiger partial charge in [-0.25, -0.2) is 0 Å². The number of aliphatic hydroxyl groups is 1. The lowest BCUT2D eigenvalue weighted by atomic mass is 10.2. The number of anilines is 1. The van der Waals surface area contributed by atoms with Crippen molar-refractivity contribution in [2.24, 2.45) is 0 Å². The zero-order valence-electron chi connectivity index (χ0n) is 8.47. The smallest absolute Gasteiger partial charge is 0.292 e. The first kappa shape index (κ1) is 11.3. The standard InChI is InChI=1S/C10H11BrN2O3/c11-7-1-2-9(13(15)16)10(5-7)12-4-3-8(14)6-12/h1-2,5,8,14H,3-4,6H2/t8-/m1/s1. The third-order valence-electron chi connectivity index (χ3n) is 2.64. The van der Waals surface area contributed by atoms with Crippen molar-refractivity contribution in [3.05, 3.63) is 32.8 Å². The molecule has 0 spiro atoms. The molecule has 1 atom stereocenters. The highest BCUT2D eigenvalue weighted by molar-refractivity contribution is 9.10. The Hall–Kier alpha value is -1.14. The first-order valence-electron chi connectivity index (χ1n) is 4.95. The summed E-state index contributed by atoms with van der Waals surface area (Å²) in [6.45, 7) is 1.11. The van der Waals surface area contributed by atoms with Crippen molar-refractivity contribution in [3.8, 4) is 0 Å². The van der Waals surface area contributed by atoms with Crippen LogP contribution in [0, 0.1) is 10.1 Å². The number of benzene rings is 1. The Balaban J connectivity index is 2.37. The van der Waals surface area contributed by atoms with Gasteiger partial charge in [-0.3, -0.25) is 10.1 Å². The average Bonchev–Trinajstić information content (AvgIpc) is 2.64. The molecule has 16 heavy (non-hydrogen) atoms. The lowest BCUT2D eigenvalue weighted by Crippen LogP contribution is -2.22. The van der Waals surface area contributed by atoms with E-state index in [1.165, 1.54) is 6.07 Å². The van der Waals surface area contributed by atoms with Gasteiger partial charge >= 0.3 is 0 Å². The van der Waals surface area contributed by atoms with Crippen LogP contribution in [0.5, 0.6) is 0 Å². The minimum absolute atomic E-state index is 0.0808. The van der Waals surface area contributed by atoms with Crippen LogP contribution >= 0.6 is 15.9 Å². The number of hydrogen-bond acceptors (Lipinski definition) is 4. The summed E-state index contributed by atoms with van der Waals surface area (Å²) in [4.78, 5) is 12.3. The predicted octanol–water partition coefficient (Wildman–Crippen LogP) is 1.93. The Labute approximate surface area is 101 Å². The number of nitro groups is 1. The molecule has 1 aliphatic rings. The van der Waals surface area contributed by atoms with Crippen LogP contribution in [0.1, 0.15) is 6.42 Å². The molecule has 1 aromatic carbocycles. The van der Waals surface area contributed by atoms with Crippen molar-refractivity contribution < 1.29 is 10.0 Å². The normalized spacial score (nSPS) is 20.1. The lowest BCUT2D eigenvalue weighted by molar-refractivity contribution is -0.384. The highest BCUT2D eigenvalue weighted by Gasteiger charge is 2.26. The van der Waals surface area contributed by atoms with Crippen LogP contribution in [0.25, 0.3) is 0 Å². The Morgan fingerprint density at radius 3 is 2.88 bits per heavy atom. The van der Waals surface area contributed by atoms with E-state index in [0.717, 1.165) is 4.47 Å². The van der Waals surface area contributed by atoms with E-state index in [-0.39, 0.29) is 5.69 Å². The van der Waals surface area contributed by atoms with Gasteiger partial charge in [-0.2, -0.15) is 0 Å². The van der Waals surface area contributed by atoms with Crippen LogP contribution in [-0.4, -0.2) is 29.2 Å². The maximum absolute atomic E-state index is 10.9. The van der Waals surface area contributed by atoms with E-state index in [1.54, 1.807) is 12.1 Å². The molecule has 86 valence electrons. The number of hydrogen-bond donors (Lipinski definition) is 1. The molecule has 1 saturated heterocycles. The molecular formula is C10H11BrN2O3. The molecule has 0 bridgehead atoms. The van der Waals surface area contributed by atoms with Crippen molar-refractivity contribution in [2.75, 3.05) is 18.0 Å². The van der Waals surface area contributed by atoms with Crippen LogP contribution in [0.3, 0.4) is 0 Å². The second-order valence-electron chi connectivity index (χ2n) is 3.78. The van der Waals surface area contributed by atoms with Gasteiger partial charge in [0.1, 0.15) is 5.69 Å². The molecule has 0 unspecified atom stereocenters. The van der Waals surface area contributed by atoms with Crippen LogP contribution in [0.2, 0.25) is 0 Å². The first-order valence-corrected chi connectivity index (χ1v) is 5.74. The number of aliphatic hydroxyl groups excluding tert-OH is 1. The summed E-state index contributed by atoms with van der Waals surface area (Å²) in [5, 5.41) is 20.3. The molecular weight excluding hydrogens is 276 g/mol. The van der Waals surface area contributed by atoms with Crippen molar-refractivity contribution in [2.45, 2.75) is 12.5 Å². The van der Waals surface area contributed by atoms with E-state index in [0.29, 0.717) is 25.2 Å². The summed E-state index contributed by atoms with van der Waals surface area (Å²) in [5.41, 5.74) is 0.647. The minimum Gasteiger partial charge on any atom is -0.391 e. The monoisotopic (exact) mass is 286 g/mol. The van der Waals surface area contributed by atoms with Gasteiger partial charge in [0.25, 0.3) is 5.69 Å². The highest BCUT2D eigenvalue weighted by Crippen LogP contribution is 2.33. The first-order chi connectivity index (χ1) is 7.58. The highest BCUT2D eigenvalue weighted by atomic mass is 79.9. The Morgan fingerprint density at radius 2 is 2.31 bits per heavy atom. The second-order valence-corrected chi connectivity index (χ2v) is 4.69. The molecule has 1 N–H and O–H groups in total. The van der Waals surface area contributed by atoms with Crippen molar-refractivity contribution in [1.29, 1.82) is 0 Å². The largest absolute Gasteiger partial charge is 0.391 e. The maximum Gasteiger partial charge on any atom is 0.292 e. The fourth-order valence-electron chi connectivity index (χ4n) is 1.86. The van der Waals surface area contributed by atoms with Gasteiger partial charge in [-0.15, -0.1) is 0 Å². The summed E-state index contributed by atoms with van der Waals surface area (Å²) in [6, 6.07) is 4.84. The van der Waals surface area contributed by atoms with E-state index in [4.69, 9.17) is 0 Å². The number of halogens is 1. The zero-order chi connectivity index (χ0) is 11.7. The number of nitro benzene ring substituents is 1. The minimum atomic E-state index is -0.396. The summed E-state index contributed by atoms with van der Waals surface area (Å²) in [5.74, 6) is 0. The van der Waals surface area contributed by atoms with E-state index in [2.05, 4.69) is 15.9 Å². The van der Waals surface area contributed by atoms with Crippen LogP contribution in [-0.2, 0) is 0 Å². The average molecular weight is 287 g/mol. The topological polar surface area (TPSA) is 66.6 Å². The molecule has 5 nitrogen and oxygen atoms in total. The SMILES string of the molecule is O=[N+]([O-])c1ccc(Br)cc1N1CC[C@@H](O)C1. The number of β-amino-alcohol motifs (C(OH)–C–C–N with tert-alkyl or cyclic N) is 1. The van der Waals surface area contributed by atoms with E-state index < -0.39 is 11.0 Å². The molecule has 0 amide bonds. The van der Waals surface area contributed by atoms with Gasteiger partial charge in [0.05, 0.1) is 11.0 Å². The van der Waals surface area contributed by atoms with Gasteiger partial charge in [0, 0.05) is 23.6 Å². The van der Waals surface area contributed by atoms with Gasteiger partial charge in [0.15, 0.2) is 0 Å². The van der Waals surface area contributed by atoms with Gasteiger partial charge in [-0.1, -0.05) is 15.9 Å². The summed E-state index contributed by atoms with van der Waals surface area (Å²) >= 11 is 3.30. The van der Waals surface area contributed by atoms with Gasteiger partial charge < -0.3 is 10.0 Å². The molecule has 6 heteroatoms. The third kappa shape index (κ3) is 2.17. The summed E-state index contributed by atoms with van der Waals surface area (Å²) in [6.07, 6.45) is 0.266. The molecule has 0 saturated carbocycles. The van der Waals surface area contributed by atoms with Crippen molar-refractivity contribution in [3.63, 3.8) is 0 Å². The summed E-state index contributed by atoms with van der Waals surface area (Å²) in [7, 11) is 0. The fraction of sp³-hybridized carbons (Fsp3) is 0.400. The number of nitrogens with zero attached hydrogens (tertiary/aromatic N) is 2. The quantitative estimate of drug-likeness (QED) is 0.666.